The predicted molar refractivity (Wildman–Crippen MR) is 59.6 cm³/mol. The Morgan fingerprint density at radius 1 is 1.57 bits per heavy atom. The molecule has 0 saturated heterocycles. The summed E-state index contributed by atoms with van der Waals surface area (Å²) in [5, 5.41) is 1.86. The molecule has 0 fully saturated rings. The molecular weight excluding hydrogens is 264 g/mol. The second-order valence-electron chi connectivity index (χ2n) is 3.09. The topological polar surface area (TPSA) is 26.3 Å². The van der Waals surface area contributed by atoms with Crippen molar-refractivity contribution in [2.45, 2.75) is 12.8 Å². The molecule has 74 valence electrons. The number of halogens is 1. The van der Waals surface area contributed by atoms with E-state index in [4.69, 9.17) is 4.74 Å². The van der Waals surface area contributed by atoms with E-state index < -0.39 is 0 Å². The molecule has 0 spiro atoms. The lowest BCUT2D eigenvalue weighted by Crippen LogP contribution is -2.08. The van der Waals surface area contributed by atoms with Crippen molar-refractivity contribution in [3.8, 4) is 0 Å². The van der Waals surface area contributed by atoms with E-state index in [0.29, 0.717) is 0 Å². The minimum Gasteiger partial charge on any atom is -0.501 e. The van der Waals surface area contributed by atoms with Crippen molar-refractivity contribution in [1.82, 2.24) is 0 Å². The predicted octanol–water partition coefficient (Wildman–Crippen LogP) is 3.39. The minimum absolute atomic E-state index is 0.0895. The maximum absolute atomic E-state index is 11.9. The lowest BCUT2D eigenvalue weighted by Gasteiger charge is -2.11. The zero-order valence-corrected chi connectivity index (χ0v) is 9.86. The highest BCUT2D eigenvalue weighted by molar-refractivity contribution is 9.11. The molecular formula is C10H9BrO2S. The third-order valence-electron chi connectivity index (χ3n) is 2.06. The molecule has 0 bridgehead atoms. The zero-order chi connectivity index (χ0) is 9.97. The van der Waals surface area contributed by atoms with E-state index in [1.165, 1.54) is 11.3 Å². The lowest BCUT2D eigenvalue weighted by atomic mass is 10.0. The molecule has 1 aliphatic rings. The molecule has 4 heteroatoms. The quantitative estimate of drug-likeness (QED) is 0.772. The molecule has 0 N–H and O–H groups in total. The largest absolute Gasteiger partial charge is 0.501 e. The van der Waals surface area contributed by atoms with E-state index >= 15 is 0 Å². The highest BCUT2D eigenvalue weighted by Crippen LogP contribution is 2.24. The number of rotatable bonds is 2. The number of carbonyl (C=O) groups is 1. The fourth-order valence-electron chi connectivity index (χ4n) is 1.35. The average molecular weight is 273 g/mol. The Labute approximate surface area is 94.7 Å². The van der Waals surface area contributed by atoms with Gasteiger partial charge in [0.15, 0.2) is 5.78 Å². The van der Waals surface area contributed by atoms with Crippen LogP contribution in [0.15, 0.2) is 27.1 Å². The molecule has 0 aliphatic carbocycles. The number of Topliss-reactive ketones (excluding diaryl/α,β-unsaturated/α-hetero) is 1. The molecule has 1 aromatic rings. The van der Waals surface area contributed by atoms with Gasteiger partial charge in [0.2, 0.25) is 0 Å². The Morgan fingerprint density at radius 2 is 2.43 bits per heavy atom. The van der Waals surface area contributed by atoms with Crippen molar-refractivity contribution in [2.75, 3.05) is 6.61 Å². The van der Waals surface area contributed by atoms with Gasteiger partial charge < -0.3 is 4.74 Å². The molecule has 2 nitrogen and oxygen atoms in total. The third kappa shape index (κ3) is 2.07. The van der Waals surface area contributed by atoms with Crippen LogP contribution >= 0.6 is 27.3 Å². The smallest absolute Gasteiger partial charge is 0.192 e. The number of hydrogen-bond donors (Lipinski definition) is 0. The van der Waals surface area contributed by atoms with Gasteiger partial charge in [-0.2, -0.15) is 0 Å². The van der Waals surface area contributed by atoms with Gasteiger partial charge in [-0.3, -0.25) is 4.79 Å². The Kier molecular flexibility index (Phi) is 3.03. The Bertz CT molecular complexity index is 381. The fourth-order valence-corrected chi connectivity index (χ4v) is 2.48. The molecule has 1 aromatic heterocycles. The van der Waals surface area contributed by atoms with Gasteiger partial charge in [-0.15, -0.1) is 11.3 Å². The van der Waals surface area contributed by atoms with Gasteiger partial charge >= 0.3 is 0 Å². The summed E-state index contributed by atoms with van der Waals surface area (Å²) in [6.07, 6.45) is 3.35. The van der Waals surface area contributed by atoms with Crippen LogP contribution in [0.25, 0.3) is 0 Å². The third-order valence-corrected chi connectivity index (χ3v) is 3.56. The Balaban J connectivity index is 2.19. The first-order chi connectivity index (χ1) is 6.77. The van der Waals surface area contributed by atoms with Crippen LogP contribution in [0.2, 0.25) is 0 Å². The van der Waals surface area contributed by atoms with Crippen molar-refractivity contribution < 1.29 is 9.53 Å². The van der Waals surface area contributed by atoms with Crippen LogP contribution in [-0.4, -0.2) is 12.4 Å². The number of hydrogen-bond acceptors (Lipinski definition) is 3. The van der Waals surface area contributed by atoms with Crippen LogP contribution in [0.4, 0.5) is 0 Å². The second-order valence-corrected chi connectivity index (χ2v) is 5.38. The summed E-state index contributed by atoms with van der Waals surface area (Å²) in [7, 11) is 0. The van der Waals surface area contributed by atoms with E-state index in [9.17, 15) is 4.79 Å². The summed E-state index contributed by atoms with van der Waals surface area (Å²) in [4.78, 5) is 11.9. The van der Waals surface area contributed by atoms with Crippen LogP contribution in [-0.2, 0) is 4.74 Å². The number of ether oxygens (including phenoxy) is 1. The van der Waals surface area contributed by atoms with Gasteiger partial charge in [0.1, 0.15) is 0 Å². The van der Waals surface area contributed by atoms with Crippen molar-refractivity contribution in [2.24, 2.45) is 0 Å². The maximum Gasteiger partial charge on any atom is 0.192 e. The number of carbonyl (C=O) groups excluding carboxylic acids is 1. The molecule has 14 heavy (non-hydrogen) atoms. The molecule has 0 unspecified atom stereocenters. The summed E-state index contributed by atoms with van der Waals surface area (Å²) in [5.74, 6) is 0.0895. The van der Waals surface area contributed by atoms with E-state index in [1.807, 2.05) is 11.4 Å². The molecule has 0 aromatic carbocycles. The van der Waals surface area contributed by atoms with Crippen molar-refractivity contribution >= 4 is 33.0 Å². The Morgan fingerprint density at radius 3 is 3.00 bits per heavy atom. The number of thiophene rings is 1. The first-order valence-electron chi connectivity index (χ1n) is 4.37. The molecule has 2 rings (SSSR count). The average Bonchev–Trinajstić information content (AvgIpc) is 2.65. The zero-order valence-electron chi connectivity index (χ0n) is 7.46. The van der Waals surface area contributed by atoms with E-state index in [0.717, 1.165) is 34.4 Å². The Hall–Kier alpha value is -0.610. The minimum atomic E-state index is 0.0895. The van der Waals surface area contributed by atoms with E-state index in [-0.39, 0.29) is 5.78 Å². The van der Waals surface area contributed by atoms with E-state index in [1.54, 1.807) is 6.26 Å². The van der Waals surface area contributed by atoms with Gasteiger partial charge in [0.05, 0.1) is 16.7 Å². The van der Waals surface area contributed by atoms with Crippen molar-refractivity contribution in [3.63, 3.8) is 0 Å². The fraction of sp³-hybridized carbons (Fsp3) is 0.300. The van der Waals surface area contributed by atoms with Crippen LogP contribution < -0.4 is 0 Å². The second kappa shape index (κ2) is 4.28. The summed E-state index contributed by atoms with van der Waals surface area (Å²) in [5.41, 5.74) is 1.53. The SMILES string of the molecule is O=C(C1=COCCC1)c1csc(Br)c1. The molecule has 0 amide bonds. The maximum atomic E-state index is 11.9. The van der Waals surface area contributed by atoms with Crippen LogP contribution in [0.5, 0.6) is 0 Å². The van der Waals surface area contributed by atoms with Gasteiger partial charge in [-0.25, -0.2) is 0 Å². The van der Waals surface area contributed by atoms with Gasteiger partial charge in [0.25, 0.3) is 0 Å². The standard InChI is InChI=1S/C10H9BrO2S/c11-9-4-8(6-14-9)10(12)7-2-1-3-13-5-7/h4-6H,1-3H2. The normalized spacial score (nSPS) is 15.9. The highest BCUT2D eigenvalue weighted by Gasteiger charge is 2.16. The molecule has 1 aliphatic heterocycles. The first-order valence-corrected chi connectivity index (χ1v) is 6.04. The van der Waals surface area contributed by atoms with E-state index in [2.05, 4.69) is 15.9 Å². The molecule has 0 atom stereocenters. The molecule has 2 heterocycles. The van der Waals surface area contributed by atoms with Gasteiger partial charge in [-0.05, 0) is 34.8 Å². The van der Waals surface area contributed by atoms with Gasteiger partial charge in [-0.1, -0.05) is 0 Å². The van der Waals surface area contributed by atoms with Crippen LogP contribution in [0.3, 0.4) is 0 Å². The highest BCUT2D eigenvalue weighted by atomic mass is 79.9. The van der Waals surface area contributed by atoms with Crippen molar-refractivity contribution in [1.29, 1.82) is 0 Å². The summed E-state index contributed by atoms with van der Waals surface area (Å²) < 4.78 is 6.12. The number of allylic oxidation sites excluding steroid dienone is 1. The molecule has 0 radical (unpaired) electrons. The number of ketones is 1. The first kappa shape index (κ1) is 9.93. The molecule has 0 saturated carbocycles. The van der Waals surface area contributed by atoms with Crippen molar-refractivity contribution in [3.05, 3.63) is 32.6 Å². The lowest BCUT2D eigenvalue weighted by molar-refractivity contribution is 0.101. The van der Waals surface area contributed by atoms with Crippen LogP contribution in [0, 0.1) is 0 Å². The van der Waals surface area contributed by atoms with Crippen LogP contribution in [0.1, 0.15) is 23.2 Å². The van der Waals surface area contributed by atoms with Gasteiger partial charge in [0, 0.05) is 16.5 Å². The summed E-state index contributed by atoms with van der Waals surface area (Å²) >= 11 is 4.86. The summed E-state index contributed by atoms with van der Waals surface area (Å²) in [6.45, 7) is 0.726. The summed E-state index contributed by atoms with van der Waals surface area (Å²) in [6, 6.07) is 1.85. The monoisotopic (exact) mass is 272 g/mol.